The highest BCUT2D eigenvalue weighted by atomic mass is 79.9. The van der Waals surface area contributed by atoms with E-state index in [0.717, 1.165) is 5.56 Å². The molecule has 8 heteroatoms. The fraction of sp³-hybridized carbons (Fsp3) is 0.0417. The molecule has 0 aromatic heterocycles. The molecule has 4 N–H and O–H groups in total. The molecule has 162 valence electrons. The maximum absolute atomic E-state index is 12.6. The van der Waals surface area contributed by atoms with E-state index in [-0.39, 0.29) is 29.5 Å². The van der Waals surface area contributed by atoms with Crippen molar-refractivity contribution >= 4 is 39.8 Å². The smallest absolute Gasteiger partial charge is 0.352 e. The summed E-state index contributed by atoms with van der Waals surface area (Å²) in [6.45, 7) is 0.222. The van der Waals surface area contributed by atoms with Gasteiger partial charge >= 0.3 is 5.97 Å². The molecule has 0 aliphatic carbocycles. The standard InChI is InChI=1S/C24H19BrN2O5/c25-20-13-17(22(29)26-14-16-7-4-8-18(28)11-16)9-10-19(20)23(30)27-21(24(31)32)12-15-5-2-1-3-6-15/h1-13,28H,14H2,(H,26,29)(H,27,30)(H,31,32)/b21-12-. The van der Waals surface area contributed by atoms with Crippen LogP contribution >= 0.6 is 15.9 Å². The van der Waals surface area contributed by atoms with Crippen LogP contribution in [0.3, 0.4) is 0 Å². The summed E-state index contributed by atoms with van der Waals surface area (Å²) < 4.78 is 0.337. The zero-order valence-electron chi connectivity index (χ0n) is 16.7. The van der Waals surface area contributed by atoms with E-state index < -0.39 is 11.9 Å². The Kier molecular flexibility index (Phi) is 7.41. The molecule has 3 aromatic rings. The molecule has 3 aromatic carbocycles. The normalized spacial score (nSPS) is 11.0. The Morgan fingerprint density at radius 1 is 0.906 bits per heavy atom. The molecule has 0 heterocycles. The SMILES string of the molecule is O=C(O)/C(=C/c1ccccc1)NC(=O)c1ccc(C(=O)NCc2cccc(O)c2)cc1Br. The van der Waals surface area contributed by atoms with Crippen molar-refractivity contribution in [3.63, 3.8) is 0 Å². The number of rotatable bonds is 7. The van der Waals surface area contributed by atoms with Crippen LogP contribution in [0.4, 0.5) is 0 Å². The molecule has 0 fully saturated rings. The molecule has 2 amide bonds. The van der Waals surface area contributed by atoms with Crippen LogP contribution in [-0.4, -0.2) is 28.0 Å². The Labute approximate surface area is 192 Å². The summed E-state index contributed by atoms with van der Waals surface area (Å²) in [4.78, 5) is 36.6. The number of aromatic hydroxyl groups is 1. The van der Waals surface area contributed by atoms with Gasteiger partial charge in [0.05, 0.1) is 5.56 Å². The Bertz CT molecular complexity index is 1190. The van der Waals surface area contributed by atoms with Gasteiger partial charge in [-0.05, 0) is 63.5 Å². The van der Waals surface area contributed by atoms with Gasteiger partial charge in [0.25, 0.3) is 11.8 Å². The van der Waals surface area contributed by atoms with Gasteiger partial charge in [0, 0.05) is 16.6 Å². The van der Waals surface area contributed by atoms with Crippen molar-refractivity contribution in [2.45, 2.75) is 6.54 Å². The number of hydrogen-bond acceptors (Lipinski definition) is 4. The average Bonchev–Trinajstić information content (AvgIpc) is 2.77. The van der Waals surface area contributed by atoms with Gasteiger partial charge in [-0.25, -0.2) is 4.79 Å². The van der Waals surface area contributed by atoms with Crippen molar-refractivity contribution in [2.75, 3.05) is 0 Å². The lowest BCUT2D eigenvalue weighted by Crippen LogP contribution is -2.28. The van der Waals surface area contributed by atoms with Crippen molar-refractivity contribution in [2.24, 2.45) is 0 Å². The van der Waals surface area contributed by atoms with Gasteiger partial charge in [0.2, 0.25) is 0 Å². The molecular weight excluding hydrogens is 476 g/mol. The topological polar surface area (TPSA) is 116 Å². The highest BCUT2D eigenvalue weighted by Crippen LogP contribution is 2.20. The predicted molar refractivity (Wildman–Crippen MR) is 123 cm³/mol. The van der Waals surface area contributed by atoms with Gasteiger partial charge in [0.15, 0.2) is 0 Å². The Balaban J connectivity index is 1.70. The van der Waals surface area contributed by atoms with E-state index in [4.69, 9.17) is 0 Å². The van der Waals surface area contributed by atoms with Crippen LogP contribution in [0.5, 0.6) is 5.75 Å². The monoisotopic (exact) mass is 494 g/mol. The molecule has 0 radical (unpaired) electrons. The van der Waals surface area contributed by atoms with E-state index in [2.05, 4.69) is 26.6 Å². The number of carbonyl (C=O) groups excluding carboxylic acids is 2. The second kappa shape index (κ2) is 10.4. The first-order valence-electron chi connectivity index (χ1n) is 9.50. The molecule has 0 saturated carbocycles. The quantitative estimate of drug-likeness (QED) is 0.371. The number of amides is 2. The van der Waals surface area contributed by atoms with E-state index in [9.17, 15) is 24.6 Å². The number of phenols is 1. The van der Waals surface area contributed by atoms with E-state index in [0.29, 0.717) is 15.6 Å². The second-order valence-electron chi connectivity index (χ2n) is 6.78. The van der Waals surface area contributed by atoms with E-state index in [1.807, 2.05) is 0 Å². The third-order valence-corrected chi connectivity index (χ3v) is 5.08. The van der Waals surface area contributed by atoms with Gasteiger partial charge in [-0.1, -0.05) is 42.5 Å². The average molecular weight is 495 g/mol. The number of nitrogens with one attached hydrogen (secondary N) is 2. The van der Waals surface area contributed by atoms with Gasteiger partial charge in [-0.15, -0.1) is 0 Å². The van der Waals surface area contributed by atoms with Crippen molar-refractivity contribution in [3.05, 3.63) is 105 Å². The zero-order valence-corrected chi connectivity index (χ0v) is 18.3. The molecule has 3 rings (SSSR count). The number of phenolic OH excluding ortho intramolecular Hbond substituents is 1. The predicted octanol–water partition coefficient (Wildman–Crippen LogP) is 3.94. The molecule has 0 atom stereocenters. The van der Waals surface area contributed by atoms with Crippen LogP contribution in [-0.2, 0) is 11.3 Å². The van der Waals surface area contributed by atoms with Gasteiger partial charge in [-0.3, -0.25) is 9.59 Å². The minimum Gasteiger partial charge on any atom is -0.508 e. The first kappa shape index (κ1) is 22.8. The third-order valence-electron chi connectivity index (χ3n) is 4.43. The van der Waals surface area contributed by atoms with Crippen molar-refractivity contribution in [1.82, 2.24) is 10.6 Å². The molecule has 32 heavy (non-hydrogen) atoms. The van der Waals surface area contributed by atoms with Crippen LogP contribution in [0.2, 0.25) is 0 Å². The molecule has 0 bridgehead atoms. The molecule has 0 aliphatic heterocycles. The van der Waals surface area contributed by atoms with Gasteiger partial charge < -0.3 is 20.8 Å². The maximum Gasteiger partial charge on any atom is 0.352 e. The number of halogens is 1. The van der Waals surface area contributed by atoms with Crippen LogP contribution in [0.1, 0.15) is 31.8 Å². The Morgan fingerprint density at radius 2 is 1.66 bits per heavy atom. The first-order valence-corrected chi connectivity index (χ1v) is 10.3. The van der Waals surface area contributed by atoms with E-state index in [1.54, 1.807) is 48.5 Å². The summed E-state index contributed by atoms with van der Waals surface area (Å²) in [5.74, 6) is -2.16. The number of carboxylic acids is 1. The zero-order chi connectivity index (χ0) is 23.1. The number of aliphatic carboxylic acids is 1. The van der Waals surface area contributed by atoms with Gasteiger partial charge in [-0.2, -0.15) is 0 Å². The molecule has 0 unspecified atom stereocenters. The van der Waals surface area contributed by atoms with Gasteiger partial charge in [0.1, 0.15) is 11.4 Å². The van der Waals surface area contributed by atoms with E-state index >= 15 is 0 Å². The highest BCUT2D eigenvalue weighted by Gasteiger charge is 2.17. The fourth-order valence-corrected chi connectivity index (χ4v) is 3.41. The molecule has 0 saturated heterocycles. The molecule has 0 spiro atoms. The lowest BCUT2D eigenvalue weighted by molar-refractivity contribution is -0.132. The van der Waals surface area contributed by atoms with E-state index in [1.165, 1.54) is 30.3 Å². The van der Waals surface area contributed by atoms with Crippen LogP contribution in [0.25, 0.3) is 6.08 Å². The van der Waals surface area contributed by atoms with Crippen LogP contribution < -0.4 is 10.6 Å². The largest absolute Gasteiger partial charge is 0.508 e. The third kappa shape index (κ3) is 6.05. The minimum absolute atomic E-state index is 0.108. The maximum atomic E-state index is 12.6. The lowest BCUT2D eigenvalue weighted by atomic mass is 10.1. The Hall–Kier alpha value is -3.91. The molecule has 7 nitrogen and oxygen atoms in total. The number of hydrogen-bond donors (Lipinski definition) is 4. The summed E-state index contributed by atoms with van der Waals surface area (Å²) in [6, 6.07) is 19.7. The molecular formula is C24H19BrN2O5. The summed E-state index contributed by atoms with van der Waals surface area (Å²) in [6.07, 6.45) is 1.36. The fourth-order valence-electron chi connectivity index (χ4n) is 2.85. The summed E-state index contributed by atoms with van der Waals surface area (Å²) in [5.41, 5.74) is 1.57. The minimum atomic E-state index is -1.28. The number of carbonyl (C=O) groups is 3. The lowest BCUT2D eigenvalue weighted by Gasteiger charge is -2.10. The summed E-state index contributed by atoms with van der Waals surface area (Å²) >= 11 is 3.27. The highest BCUT2D eigenvalue weighted by molar-refractivity contribution is 9.10. The van der Waals surface area contributed by atoms with Crippen molar-refractivity contribution < 1.29 is 24.6 Å². The van der Waals surface area contributed by atoms with Crippen molar-refractivity contribution in [1.29, 1.82) is 0 Å². The summed E-state index contributed by atoms with van der Waals surface area (Å²) in [7, 11) is 0. The number of benzene rings is 3. The first-order chi connectivity index (χ1) is 15.3. The molecule has 0 aliphatic rings. The van der Waals surface area contributed by atoms with Crippen molar-refractivity contribution in [3.8, 4) is 5.75 Å². The van der Waals surface area contributed by atoms with Crippen LogP contribution in [0.15, 0.2) is 83.0 Å². The second-order valence-corrected chi connectivity index (χ2v) is 7.63. The number of carboxylic acid groups (broad SMARTS) is 1. The Morgan fingerprint density at radius 3 is 2.31 bits per heavy atom. The van der Waals surface area contributed by atoms with Crippen LogP contribution in [0, 0.1) is 0 Å². The summed E-state index contributed by atoms with van der Waals surface area (Å²) in [5, 5.41) is 24.0.